The van der Waals surface area contributed by atoms with Crippen LogP contribution in [0.3, 0.4) is 0 Å². The molecule has 0 spiro atoms. The second-order valence-corrected chi connectivity index (χ2v) is 15.2. The van der Waals surface area contributed by atoms with E-state index in [0.717, 1.165) is 19.3 Å². The van der Waals surface area contributed by atoms with Crippen LogP contribution < -0.4 is 0 Å². The minimum Gasteiger partial charge on any atom is -0.412 e. The number of Topliss-reactive ketones (excluding diaryl/α,β-unsaturated/α-hetero) is 1. The first-order valence-electron chi connectivity index (χ1n) is 10.2. The molecule has 0 aromatic rings. The lowest BCUT2D eigenvalue weighted by Crippen LogP contribution is -2.56. The molecule has 3 atom stereocenters. The van der Waals surface area contributed by atoms with Gasteiger partial charge >= 0.3 is 0 Å². The predicted octanol–water partition coefficient (Wildman–Crippen LogP) is 5.97. The van der Waals surface area contributed by atoms with E-state index < -0.39 is 8.32 Å². The molecule has 2 nitrogen and oxygen atoms in total. The van der Waals surface area contributed by atoms with Crippen LogP contribution in [0.1, 0.15) is 81.1 Å². The van der Waals surface area contributed by atoms with Crippen LogP contribution in [0.4, 0.5) is 0 Å². The van der Waals surface area contributed by atoms with Crippen LogP contribution in [0.15, 0.2) is 0 Å². The van der Waals surface area contributed by atoms with E-state index in [1.807, 2.05) is 0 Å². The predicted molar refractivity (Wildman–Crippen MR) is 108 cm³/mol. The molecule has 0 amide bonds. The van der Waals surface area contributed by atoms with Crippen molar-refractivity contribution in [3.63, 3.8) is 0 Å². The Kier molecular flexibility index (Phi) is 6.27. The average molecular weight is 363 g/mol. The van der Waals surface area contributed by atoms with Crippen LogP contribution in [-0.4, -0.2) is 20.2 Å². The van der Waals surface area contributed by atoms with Gasteiger partial charge in [-0.2, -0.15) is 0 Å². The first kappa shape index (κ1) is 20.7. The van der Waals surface area contributed by atoms with Crippen molar-refractivity contribution in [1.82, 2.24) is 0 Å². The Morgan fingerprint density at radius 3 is 2.16 bits per heavy atom. The van der Waals surface area contributed by atoms with E-state index in [0.29, 0.717) is 28.8 Å². The summed E-state index contributed by atoms with van der Waals surface area (Å²) in [6.07, 6.45) is 3.57. The first-order valence-corrected chi connectivity index (χ1v) is 12.4. The number of carbonyl (C=O) groups is 1. The number of hydrogen-bond donors (Lipinski definition) is 0. The van der Waals surface area contributed by atoms with E-state index in [9.17, 15) is 4.79 Å². The average Bonchev–Trinajstić information content (AvgIpc) is 2.60. The molecule has 2 rings (SSSR count). The molecule has 25 heavy (non-hydrogen) atoms. The van der Waals surface area contributed by atoms with E-state index in [1.165, 1.54) is 0 Å². The molecule has 0 aliphatic heterocycles. The molecule has 2 aliphatic rings. The van der Waals surface area contributed by atoms with E-state index in [-0.39, 0.29) is 23.4 Å². The maximum atomic E-state index is 12.9. The van der Waals surface area contributed by atoms with Gasteiger partial charge in [0, 0.05) is 24.2 Å². The number of rotatable bonds is 5. The SMILES string of the molecule is CC(C)[Si](O[C@@H]1[C@H]2C(=O)CCC[C@@H]2C#CCC1(C)C)(C(C)C)C(C)C. The van der Waals surface area contributed by atoms with Crippen molar-refractivity contribution in [2.45, 2.75) is 104 Å². The second-order valence-electron chi connectivity index (χ2n) is 9.83. The Balaban J connectivity index is 2.49. The monoisotopic (exact) mass is 362 g/mol. The topological polar surface area (TPSA) is 26.3 Å². The maximum Gasteiger partial charge on any atom is 0.200 e. The molecule has 0 saturated heterocycles. The lowest BCUT2D eigenvalue weighted by molar-refractivity contribution is -0.133. The van der Waals surface area contributed by atoms with Gasteiger partial charge in [0.25, 0.3) is 0 Å². The highest BCUT2D eigenvalue weighted by Gasteiger charge is 2.53. The Hall–Kier alpha value is -0.593. The fourth-order valence-corrected chi connectivity index (χ4v) is 11.2. The van der Waals surface area contributed by atoms with Crippen molar-refractivity contribution in [3.8, 4) is 11.8 Å². The molecule has 0 aromatic carbocycles. The molecule has 0 aromatic heterocycles. The molecule has 0 N–H and O–H groups in total. The molecule has 0 heterocycles. The third-order valence-corrected chi connectivity index (χ3v) is 12.8. The fourth-order valence-electron chi connectivity index (χ4n) is 5.47. The number of fused-ring (bicyclic) bond motifs is 1. The normalized spacial score (nSPS) is 29.4. The highest BCUT2D eigenvalue weighted by atomic mass is 28.4. The Morgan fingerprint density at radius 1 is 1.08 bits per heavy atom. The molecule has 1 saturated carbocycles. The third kappa shape index (κ3) is 3.76. The fraction of sp³-hybridized carbons (Fsp3) is 0.864. The van der Waals surface area contributed by atoms with Crippen molar-refractivity contribution in [3.05, 3.63) is 0 Å². The molecule has 0 unspecified atom stereocenters. The minimum absolute atomic E-state index is 0.00772. The van der Waals surface area contributed by atoms with Gasteiger partial charge in [-0.3, -0.25) is 4.79 Å². The summed E-state index contributed by atoms with van der Waals surface area (Å²) in [5.41, 5.74) is 1.52. The maximum absolute atomic E-state index is 12.9. The Labute approximate surface area is 156 Å². The third-order valence-electron chi connectivity index (χ3n) is 6.71. The summed E-state index contributed by atoms with van der Waals surface area (Å²) in [5, 5.41) is 0. The van der Waals surface area contributed by atoms with Crippen molar-refractivity contribution < 1.29 is 9.22 Å². The molecule has 2 aliphatic carbocycles. The highest BCUT2D eigenvalue weighted by molar-refractivity contribution is 6.77. The van der Waals surface area contributed by atoms with Gasteiger partial charge in [-0.15, -0.1) is 5.92 Å². The standard InChI is InChI=1S/C22H38O2Si/c1-15(2)25(16(3)4,17(5)6)24-21-20-18(11-9-13-19(20)23)12-10-14-22(21,7)8/h15-18,20-21H,9,11,13-14H2,1-8H3/t18-,20-,21-/m1/s1. The van der Waals surface area contributed by atoms with Gasteiger partial charge in [-0.05, 0) is 29.5 Å². The molecular formula is C22H38O2Si. The van der Waals surface area contributed by atoms with Gasteiger partial charge in [0.05, 0.1) is 12.0 Å². The molecular weight excluding hydrogens is 324 g/mol. The van der Waals surface area contributed by atoms with Crippen molar-refractivity contribution in [2.75, 3.05) is 0 Å². The van der Waals surface area contributed by atoms with Gasteiger partial charge in [0.15, 0.2) is 0 Å². The van der Waals surface area contributed by atoms with Crippen molar-refractivity contribution in [1.29, 1.82) is 0 Å². The molecule has 142 valence electrons. The second kappa shape index (κ2) is 7.57. The van der Waals surface area contributed by atoms with Crippen LogP contribution in [0.5, 0.6) is 0 Å². The van der Waals surface area contributed by atoms with Gasteiger partial charge in [0.2, 0.25) is 8.32 Å². The van der Waals surface area contributed by atoms with E-state index in [2.05, 4.69) is 67.2 Å². The summed E-state index contributed by atoms with van der Waals surface area (Å²) in [7, 11) is -2.04. The van der Waals surface area contributed by atoms with Crippen LogP contribution in [0.2, 0.25) is 16.6 Å². The zero-order valence-electron chi connectivity index (χ0n) is 17.6. The molecule has 1 fully saturated rings. The molecule has 3 heteroatoms. The Bertz CT molecular complexity index is 528. The van der Waals surface area contributed by atoms with Crippen LogP contribution in [0.25, 0.3) is 0 Å². The summed E-state index contributed by atoms with van der Waals surface area (Å²) in [5.74, 6) is 7.40. The summed E-state index contributed by atoms with van der Waals surface area (Å²) in [4.78, 5) is 12.9. The summed E-state index contributed by atoms with van der Waals surface area (Å²) in [6.45, 7) is 18.5. The first-order chi connectivity index (χ1) is 11.5. The number of ketones is 1. The van der Waals surface area contributed by atoms with Crippen LogP contribution in [-0.2, 0) is 9.22 Å². The smallest absolute Gasteiger partial charge is 0.200 e. The van der Waals surface area contributed by atoms with Crippen molar-refractivity contribution >= 4 is 14.1 Å². The van der Waals surface area contributed by atoms with Crippen LogP contribution >= 0.6 is 0 Å². The van der Waals surface area contributed by atoms with Gasteiger partial charge in [-0.1, -0.05) is 61.3 Å². The minimum atomic E-state index is -2.04. The summed E-state index contributed by atoms with van der Waals surface area (Å²) >= 11 is 0. The van der Waals surface area contributed by atoms with E-state index in [4.69, 9.17) is 4.43 Å². The Morgan fingerprint density at radius 2 is 1.64 bits per heavy atom. The lowest BCUT2D eigenvalue weighted by Gasteiger charge is -2.50. The van der Waals surface area contributed by atoms with Crippen molar-refractivity contribution in [2.24, 2.45) is 17.3 Å². The zero-order valence-corrected chi connectivity index (χ0v) is 18.6. The zero-order chi connectivity index (χ0) is 19.0. The van der Waals surface area contributed by atoms with Gasteiger partial charge in [-0.25, -0.2) is 0 Å². The molecule has 0 radical (unpaired) electrons. The highest BCUT2D eigenvalue weighted by Crippen LogP contribution is 2.49. The number of carbonyl (C=O) groups excluding carboxylic acids is 1. The van der Waals surface area contributed by atoms with E-state index >= 15 is 0 Å². The lowest BCUT2D eigenvalue weighted by atomic mass is 9.69. The van der Waals surface area contributed by atoms with Crippen LogP contribution in [0, 0.1) is 29.1 Å². The quantitative estimate of drug-likeness (QED) is 0.445. The van der Waals surface area contributed by atoms with Gasteiger partial charge in [0.1, 0.15) is 5.78 Å². The number of hydrogen-bond acceptors (Lipinski definition) is 2. The van der Waals surface area contributed by atoms with Gasteiger partial charge < -0.3 is 4.43 Å². The summed E-state index contributed by atoms with van der Waals surface area (Å²) < 4.78 is 7.24. The molecule has 0 bridgehead atoms. The summed E-state index contributed by atoms with van der Waals surface area (Å²) in [6, 6.07) is 0. The van der Waals surface area contributed by atoms with E-state index in [1.54, 1.807) is 0 Å². The largest absolute Gasteiger partial charge is 0.412 e.